The zero-order valence-electron chi connectivity index (χ0n) is 19.6. The quantitative estimate of drug-likeness (QED) is 0.438. The maximum Gasteiger partial charge on any atom is 0.418 e. The summed E-state index contributed by atoms with van der Waals surface area (Å²) in [7, 11) is 0. The molecular weight excluding hydrogens is 467 g/mol. The van der Waals surface area contributed by atoms with E-state index >= 15 is 0 Å². The van der Waals surface area contributed by atoms with E-state index in [9.17, 15) is 13.2 Å². The molecule has 0 aliphatic carbocycles. The lowest BCUT2D eigenvalue weighted by Crippen LogP contribution is -2.63. The minimum absolute atomic E-state index is 0.0254. The lowest BCUT2D eigenvalue weighted by molar-refractivity contribution is -0.136. The van der Waals surface area contributed by atoms with Gasteiger partial charge in [0, 0.05) is 28.7 Å². The molecule has 0 bridgehead atoms. The standard InChI is InChI=1S/C25H31ClF3N3S/c1-16-8-6-7-9-17(16)15-32(19-13-23(2,3)31-24(4,5)14-19)22(33)30-21-11-10-18(26)12-20(21)25(27,28)29/h6-12,19,31H,13-15H2,1-5H3,(H,30,33). The van der Waals surface area contributed by atoms with Crippen LogP contribution in [0.5, 0.6) is 0 Å². The van der Waals surface area contributed by atoms with E-state index in [1.165, 1.54) is 12.1 Å². The average molecular weight is 498 g/mol. The zero-order valence-corrected chi connectivity index (χ0v) is 21.2. The monoisotopic (exact) mass is 497 g/mol. The van der Waals surface area contributed by atoms with Gasteiger partial charge in [-0.05, 0) is 89.0 Å². The molecule has 3 rings (SSSR count). The van der Waals surface area contributed by atoms with Gasteiger partial charge in [-0.15, -0.1) is 0 Å². The van der Waals surface area contributed by atoms with Crippen LogP contribution in [0.15, 0.2) is 42.5 Å². The van der Waals surface area contributed by atoms with E-state index < -0.39 is 11.7 Å². The molecule has 33 heavy (non-hydrogen) atoms. The number of hydrogen-bond acceptors (Lipinski definition) is 2. The molecular formula is C25H31ClF3N3S. The van der Waals surface area contributed by atoms with Crippen LogP contribution >= 0.6 is 23.8 Å². The molecule has 1 fully saturated rings. The lowest BCUT2D eigenvalue weighted by Gasteiger charge is -2.50. The van der Waals surface area contributed by atoms with Gasteiger partial charge in [-0.1, -0.05) is 35.9 Å². The van der Waals surface area contributed by atoms with Gasteiger partial charge in [0.05, 0.1) is 11.3 Å². The van der Waals surface area contributed by atoms with Gasteiger partial charge in [0.25, 0.3) is 0 Å². The highest BCUT2D eigenvalue weighted by Gasteiger charge is 2.41. The summed E-state index contributed by atoms with van der Waals surface area (Å²) >= 11 is 11.6. The normalized spacial score (nSPS) is 18.1. The Morgan fingerprint density at radius 3 is 2.30 bits per heavy atom. The molecule has 0 amide bonds. The molecule has 2 aromatic rings. The third kappa shape index (κ3) is 6.61. The van der Waals surface area contributed by atoms with E-state index in [0.29, 0.717) is 6.54 Å². The molecule has 1 aliphatic heterocycles. The Hall–Kier alpha value is -1.83. The van der Waals surface area contributed by atoms with Crippen LogP contribution in [-0.2, 0) is 12.7 Å². The number of alkyl halides is 3. The van der Waals surface area contributed by atoms with Gasteiger partial charge >= 0.3 is 6.18 Å². The number of thiocarbonyl (C=S) groups is 1. The molecule has 0 aromatic heterocycles. The highest BCUT2D eigenvalue weighted by atomic mass is 35.5. The Labute approximate surface area is 204 Å². The highest BCUT2D eigenvalue weighted by molar-refractivity contribution is 7.80. The smallest absolute Gasteiger partial charge is 0.342 e. The Bertz CT molecular complexity index is 1000. The minimum atomic E-state index is -4.55. The molecule has 1 saturated heterocycles. The fraction of sp³-hybridized carbons (Fsp3) is 0.480. The summed E-state index contributed by atoms with van der Waals surface area (Å²) in [6.07, 6.45) is -2.95. The Morgan fingerprint density at radius 1 is 1.12 bits per heavy atom. The van der Waals surface area contributed by atoms with Crippen molar-refractivity contribution in [2.75, 3.05) is 5.32 Å². The minimum Gasteiger partial charge on any atom is -0.342 e. The molecule has 2 N–H and O–H groups in total. The summed E-state index contributed by atoms with van der Waals surface area (Å²) in [6, 6.07) is 11.7. The number of rotatable bonds is 4. The Kier molecular flexibility index (Phi) is 7.37. The molecule has 2 aromatic carbocycles. The van der Waals surface area contributed by atoms with Crippen molar-refractivity contribution in [1.82, 2.24) is 10.2 Å². The summed E-state index contributed by atoms with van der Waals surface area (Å²) in [5.74, 6) is 0. The van der Waals surface area contributed by atoms with Crippen LogP contribution < -0.4 is 10.6 Å². The average Bonchev–Trinajstić information content (AvgIpc) is 2.65. The van der Waals surface area contributed by atoms with Crippen LogP contribution in [0, 0.1) is 6.92 Å². The van der Waals surface area contributed by atoms with Gasteiger partial charge in [0.1, 0.15) is 0 Å². The van der Waals surface area contributed by atoms with Crippen LogP contribution in [0.4, 0.5) is 18.9 Å². The Morgan fingerprint density at radius 2 is 1.73 bits per heavy atom. The van der Waals surface area contributed by atoms with Crippen LogP contribution in [0.3, 0.4) is 0 Å². The summed E-state index contributed by atoms with van der Waals surface area (Å²) in [5, 5.41) is 6.85. The number of piperidine rings is 1. The van der Waals surface area contributed by atoms with Gasteiger partial charge in [-0.2, -0.15) is 13.2 Å². The number of aryl methyl sites for hydroxylation is 1. The second kappa shape index (κ2) is 9.43. The molecule has 1 heterocycles. The maximum absolute atomic E-state index is 13.7. The van der Waals surface area contributed by atoms with Crippen molar-refractivity contribution in [1.29, 1.82) is 0 Å². The number of anilines is 1. The van der Waals surface area contributed by atoms with Gasteiger partial charge in [-0.3, -0.25) is 0 Å². The van der Waals surface area contributed by atoms with Crippen molar-refractivity contribution in [3.05, 3.63) is 64.2 Å². The van der Waals surface area contributed by atoms with Crippen molar-refractivity contribution < 1.29 is 13.2 Å². The fourth-order valence-electron chi connectivity index (χ4n) is 4.87. The molecule has 0 saturated carbocycles. The first kappa shape index (κ1) is 25.8. The van der Waals surface area contributed by atoms with Crippen molar-refractivity contribution in [3.8, 4) is 0 Å². The first-order valence-corrected chi connectivity index (χ1v) is 11.7. The van der Waals surface area contributed by atoms with E-state index in [1.54, 1.807) is 0 Å². The largest absolute Gasteiger partial charge is 0.418 e. The molecule has 0 atom stereocenters. The van der Waals surface area contributed by atoms with E-state index in [0.717, 1.165) is 30.0 Å². The van der Waals surface area contributed by atoms with Crippen molar-refractivity contribution in [3.63, 3.8) is 0 Å². The van der Waals surface area contributed by atoms with Crippen LogP contribution in [-0.4, -0.2) is 27.1 Å². The van der Waals surface area contributed by atoms with Gasteiger partial charge in [0.2, 0.25) is 0 Å². The van der Waals surface area contributed by atoms with Gasteiger partial charge in [-0.25, -0.2) is 0 Å². The molecule has 1 aliphatic rings. The van der Waals surface area contributed by atoms with Crippen molar-refractivity contribution >= 4 is 34.6 Å². The predicted octanol–water partition coefficient (Wildman–Crippen LogP) is 7.18. The van der Waals surface area contributed by atoms with Crippen LogP contribution in [0.1, 0.15) is 57.2 Å². The third-order valence-electron chi connectivity index (χ3n) is 6.00. The van der Waals surface area contributed by atoms with Crippen molar-refractivity contribution in [2.24, 2.45) is 0 Å². The van der Waals surface area contributed by atoms with Gasteiger partial charge in [0.15, 0.2) is 5.11 Å². The summed E-state index contributed by atoms with van der Waals surface area (Å²) in [5.41, 5.74) is 0.966. The van der Waals surface area contributed by atoms with Crippen LogP contribution in [0.25, 0.3) is 0 Å². The number of nitrogens with one attached hydrogen (secondary N) is 2. The fourth-order valence-corrected chi connectivity index (χ4v) is 5.37. The number of nitrogens with zero attached hydrogens (tertiary/aromatic N) is 1. The van der Waals surface area contributed by atoms with E-state index in [-0.39, 0.29) is 32.9 Å². The van der Waals surface area contributed by atoms with Crippen LogP contribution in [0.2, 0.25) is 5.02 Å². The molecule has 180 valence electrons. The number of halogens is 4. The van der Waals surface area contributed by atoms with E-state index in [1.807, 2.05) is 36.1 Å². The molecule has 0 unspecified atom stereocenters. The first-order chi connectivity index (χ1) is 15.2. The van der Waals surface area contributed by atoms with E-state index in [4.69, 9.17) is 23.8 Å². The lowest BCUT2D eigenvalue weighted by atomic mass is 9.79. The molecule has 0 spiro atoms. The second-order valence-electron chi connectivity index (χ2n) is 10.1. The first-order valence-electron chi connectivity index (χ1n) is 11.0. The number of hydrogen-bond donors (Lipinski definition) is 2. The molecule has 3 nitrogen and oxygen atoms in total. The SMILES string of the molecule is Cc1ccccc1CN(C(=S)Nc1ccc(Cl)cc1C(F)(F)F)C1CC(C)(C)NC(C)(C)C1. The molecule has 8 heteroatoms. The second-order valence-corrected chi connectivity index (χ2v) is 11.0. The maximum atomic E-state index is 13.7. The highest BCUT2D eigenvalue weighted by Crippen LogP contribution is 2.37. The third-order valence-corrected chi connectivity index (χ3v) is 6.57. The Balaban J connectivity index is 1.98. The predicted molar refractivity (Wildman–Crippen MR) is 134 cm³/mol. The summed E-state index contributed by atoms with van der Waals surface area (Å²) < 4.78 is 41.0. The van der Waals surface area contributed by atoms with Crippen molar-refractivity contribution in [2.45, 2.75) is 77.3 Å². The number of benzene rings is 2. The van der Waals surface area contributed by atoms with E-state index in [2.05, 4.69) is 38.3 Å². The molecule has 0 radical (unpaired) electrons. The topological polar surface area (TPSA) is 27.3 Å². The summed E-state index contributed by atoms with van der Waals surface area (Å²) in [6.45, 7) is 11.1. The van der Waals surface area contributed by atoms with Gasteiger partial charge < -0.3 is 15.5 Å². The zero-order chi connectivity index (χ0) is 24.6. The summed E-state index contributed by atoms with van der Waals surface area (Å²) in [4.78, 5) is 2.04.